The normalized spacial score (nSPS) is 20.7. The molecule has 1 unspecified atom stereocenters. The summed E-state index contributed by atoms with van der Waals surface area (Å²) in [6.07, 6.45) is 3.21. The number of quaternary nitrogens is 2. The van der Waals surface area contributed by atoms with E-state index in [-0.39, 0.29) is 23.6 Å². The molecular formula is C38H44N2O6+2. The number of hydrogen-bond acceptors (Lipinski definition) is 6. The molecule has 4 aliphatic rings. The largest absolute Gasteiger partial charge is 0.504 e. The van der Waals surface area contributed by atoms with Gasteiger partial charge in [0.25, 0.3) is 0 Å². The zero-order valence-electron chi connectivity index (χ0n) is 27.6. The van der Waals surface area contributed by atoms with Gasteiger partial charge in [-0.25, -0.2) is 0 Å². The number of fused-ring (bicyclic) bond motifs is 2. The minimum absolute atomic E-state index is 0.000672. The van der Waals surface area contributed by atoms with E-state index < -0.39 is 0 Å². The topological polar surface area (TPSA) is 77.4 Å². The molecule has 0 amide bonds. The third-order valence-electron chi connectivity index (χ3n) is 10.5. The Kier molecular flexibility index (Phi) is 7.33. The number of nitrogens with zero attached hydrogens (tertiary/aromatic N) is 2. The molecule has 8 rings (SSSR count). The molecule has 8 nitrogen and oxygen atoms in total. The van der Waals surface area contributed by atoms with E-state index >= 15 is 0 Å². The van der Waals surface area contributed by atoms with Crippen LogP contribution < -0.4 is 18.9 Å². The summed E-state index contributed by atoms with van der Waals surface area (Å²) in [5.41, 5.74) is 6.74. The van der Waals surface area contributed by atoms with E-state index in [1.165, 1.54) is 16.7 Å². The van der Waals surface area contributed by atoms with Crippen molar-refractivity contribution in [2.75, 3.05) is 55.5 Å². The lowest BCUT2D eigenvalue weighted by molar-refractivity contribution is -0.923. The van der Waals surface area contributed by atoms with Crippen molar-refractivity contribution in [3.8, 4) is 46.0 Å². The van der Waals surface area contributed by atoms with Crippen molar-refractivity contribution in [1.29, 1.82) is 0 Å². The fourth-order valence-corrected chi connectivity index (χ4v) is 7.61. The quantitative estimate of drug-likeness (QED) is 0.238. The van der Waals surface area contributed by atoms with E-state index in [1.54, 1.807) is 20.3 Å². The Morgan fingerprint density at radius 2 is 1.30 bits per heavy atom. The summed E-state index contributed by atoms with van der Waals surface area (Å²) in [6.45, 7) is 1.91. The molecule has 2 atom stereocenters. The molecule has 0 aromatic heterocycles. The summed E-state index contributed by atoms with van der Waals surface area (Å²) in [5, 5.41) is 22.5. The molecule has 4 aromatic rings. The minimum Gasteiger partial charge on any atom is -0.504 e. The first-order valence-corrected chi connectivity index (χ1v) is 16.0. The molecule has 240 valence electrons. The molecule has 8 heteroatoms. The Balaban J connectivity index is 1.44. The number of hydrogen-bond donors (Lipinski definition) is 2. The number of benzene rings is 4. The van der Waals surface area contributed by atoms with E-state index in [2.05, 4.69) is 52.5 Å². The second-order valence-electron chi connectivity index (χ2n) is 14.1. The summed E-state index contributed by atoms with van der Waals surface area (Å²) < 4.78 is 26.1. The van der Waals surface area contributed by atoms with Crippen molar-refractivity contribution in [3.63, 3.8) is 0 Å². The first kappa shape index (κ1) is 30.3. The van der Waals surface area contributed by atoms with Gasteiger partial charge in [-0.05, 0) is 64.7 Å². The monoisotopic (exact) mass is 624 g/mol. The Morgan fingerprint density at radius 3 is 2.02 bits per heavy atom. The smallest absolute Gasteiger partial charge is 0.201 e. The molecule has 4 aliphatic heterocycles. The molecular weight excluding hydrogens is 580 g/mol. The molecule has 6 bridgehead atoms. The van der Waals surface area contributed by atoms with Crippen LogP contribution in [0.1, 0.15) is 45.5 Å². The van der Waals surface area contributed by atoms with Crippen LogP contribution in [0.5, 0.6) is 46.0 Å². The molecule has 0 aliphatic carbocycles. The number of ether oxygens (including phenoxy) is 4. The lowest BCUT2D eigenvalue weighted by atomic mass is 9.85. The second-order valence-corrected chi connectivity index (χ2v) is 14.1. The molecule has 4 heterocycles. The first-order chi connectivity index (χ1) is 22.0. The number of phenolic OH excluding ortho intramolecular Hbond substituents is 2. The van der Waals surface area contributed by atoms with E-state index in [9.17, 15) is 10.2 Å². The molecule has 0 saturated heterocycles. The highest BCUT2D eigenvalue weighted by atomic mass is 16.5. The van der Waals surface area contributed by atoms with Crippen LogP contribution in [0.3, 0.4) is 0 Å². The third kappa shape index (κ3) is 5.19. The molecule has 4 aromatic carbocycles. The van der Waals surface area contributed by atoms with Crippen LogP contribution in [0.2, 0.25) is 0 Å². The van der Waals surface area contributed by atoms with Crippen molar-refractivity contribution in [2.45, 2.75) is 37.8 Å². The van der Waals surface area contributed by atoms with Gasteiger partial charge in [0.2, 0.25) is 5.75 Å². The number of aromatic hydroxyl groups is 2. The first-order valence-electron chi connectivity index (χ1n) is 16.0. The fourth-order valence-electron chi connectivity index (χ4n) is 7.61. The highest BCUT2D eigenvalue weighted by molar-refractivity contribution is 5.61. The average Bonchev–Trinajstić information content (AvgIpc) is 3.03. The Bertz CT molecular complexity index is 1810. The van der Waals surface area contributed by atoms with Gasteiger partial charge in [-0.3, -0.25) is 0 Å². The van der Waals surface area contributed by atoms with Gasteiger partial charge in [0, 0.05) is 31.2 Å². The van der Waals surface area contributed by atoms with Gasteiger partial charge in [0.1, 0.15) is 17.8 Å². The van der Waals surface area contributed by atoms with Crippen LogP contribution in [0, 0.1) is 0 Å². The SMILES string of the molecule is COc1cc2c3cc1Oc1cc(ccc1O)CC1c4c(cc(OC)c(O)c4Oc4ccc(cc4)C[C@H]3[N+](C)(C)CC2)CC[N+]1(C)C. The Morgan fingerprint density at radius 1 is 0.674 bits per heavy atom. The maximum Gasteiger partial charge on any atom is 0.201 e. The predicted octanol–water partition coefficient (Wildman–Crippen LogP) is 6.85. The van der Waals surface area contributed by atoms with Crippen molar-refractivity contribution < 1.29 is 38.1 Å². The predicted molar refractivity (Wildman–Crippen MR) is 177 cm³/mol. The van der Waals surface area contributed by atoms with Gasteiger partial charge in [0.15, 0.2) is 34.5 Å². The maximum atomic E-state index is 11.5. The molecule has 0 saturated carbocycles. The van der Waals surface area contributed by atoms with E-state index in [4.69, 9.17) is 18.9 Å². The molecule has 0 fully saturated rings. The van der Waals surface area contributed by atoms with Gasteiger partial charge in [-0.15, -0.1) is 0 Å². The van der Waals surface area contributed by atoms with Crippen molar-refractivity contribution in [3.05, 3.63) is 94.0 Å². The Hall–Kier alpha value is -4.40. The zero-order valence-corrected chi connectivity index (χ0v) is 27.6. The van der Waals surface area contributed by atoms with Gasteiger partial charge in [0.05, 0.1) is 61.1 Å². The summed E-state index contributed by atoms with van der Waals surface area (Å²) >= 11 is 0. The van der Waals surface area contributed by atoms with Crippen LogP contribution in [0.15, 0.2) is 60.7 Å². The lowest BCUT2D eigenvalue weighted by Crippen LogP contribution is -2.48. The van der Waals surface area contributed by atoms with Crippen molar-refractivity contribution in [1.82, 2.24) is 0 Å². The zero-order chi connectivity index (χ0) is 32.4. The van der Waals surface area contributed by atoms with Crippen LogP contribution in [-0.4, -0.2) is 74.7 Å². The van der Waals surface area contributed by atoms with Crippen LogP contribution in [0.25, 0.3) is 0 Å². The minimum atomic E-state index is -0.0508. The average molecular weight is 625 g/mol. The molecule has 0 spiro atoms. The van der Waals surface area contributed by atoms with Gasteiger partial charge >= 0.3 is 0 Å². The van der Waals surface area contributed by atoms with Gasteiger partial charge in [-0.1, -0.05) is 18.2 Å². The molecule has 2 N–H and O–H groups in total. The van der Waals surface area contributed by atoms with Crippen molar-refractivity contribution in [2.24, 2.45) is 0 Å². The number of likely N-dealkylation sites (N-methyl/N-ethyl adjacent to an activating group) is 2. The lowest BCUT2D eigenvalue weighted by Gasteiger charge is -2.43. The molecule has 0 radical (unpaired) electrons. The summed E-state index contributed by atoms with van der Waals surface area (Å²) in [4.78, 5) is 0. The van der Waals surface area contributed by atoms with Gasteiger partial charge < -0.3 is 38.1 Å². The van der Waals surface area contributed by atoms with Crippen LogP contribution in [-0.2, 0) is 25.7 Å². The standard InChI is InChI=1S/C38H42N2O6/c1-39(2)15-13-25-20-33(43-5)34-22-28(25)29(39)17-23-7-10-27(11-8-23)45-38-36-26(21-35(44-6)37(38)42)14-16-40(3,4)30(36)18-24-9-12-31(41)32(19-24)46-34/h7-12,19-22,29-30H,13-18H2,1-6H3/p+2/t29-,30?/m1/s1. The number of phenols is 2. The summed E-state index contributed by atoms with van der Waals surface area (Å²) in [7, 11) is 12.2. The molecule has 46 heavy (non-hydrogen) atoms. The van der Waals surface area contributed by atoms with Crippen LogP contribution in [0.4, 0.5) is 0 Å². The second kappa shape index (κ2) is 11.1. The van der Waals surface area contributed by atoms with Gasteiger partial charge in [-0.2, -0.15) is 0 Å². The summed E-state index contributed by atoms with van der Waals surface area (Å²) in [5.74, 6) is 3.18. The maximum absolute atomic E-state index is 11.5. The number of methoxy groups -OCH3 is 2. The fraction of sp³-hybridized carbons (Fsp3) is 0.368. The summed E-state index contributed by atoms with van der Waals surface area (Å²) in [6, 6.07) is 20.1. The van der Waals surface area contributed by atoms with E-state index in [0.717, 1.165) is 53.5 Å². The number of rotatable bonds is 2. The van der Waals surface area contributed by atoms with Crippen molar-refractivity contribution >= 4 is 0 Å². The Labute approximate surface area is 271 Å². The van der Waals surface area contributed by atoms with E-state index in [0.29, 0.717) is 45.4 Å². The third-order valence-corrected chi connectivity index (χ3v) is 10.5. The highest BCUT2D eigenvalue weighted by Crippen LogP contribution is 2.51. The highest BCUT2D eigenvalue weighted by Gasteiger charge is 2.41. The van der Waals surface area contributed by atoms with E-state index in [1.807, 2.05) is 30.3 Å². The van der Waals surface area contributed by atoms with Crippen LogP contribution >= 0.6 is 0 Å².